The van der Waals surface area contributed by atoms with E-state index >= 15 is 0 Å². The van der Waals surface area contributed by atoms with Gasteiger partial charge in [-0.15, -0.1) is 0 Å². The summed E-state index contributed by atoms with van der Waals surface area (Å²) in [4.78, 5) is 7.68. The van der Waals surface area contributed by atoms with Gasteiger partial charge in [0.15, 0.2) is 0 Å². The van der Waals surface area contributed by atoms with E-state index < -0.39 is 5.82 Å². The summed E-state index contributed by atoms with van der Waals surface area (Å²) in [5, 5.41) is 0.139. The van der Waals surface area contributed by atoms with Crippen LogP contribution in [0.25, 0.3) is 11.3 Å². The number of aromatic nitrogens is 2. The SMILES string of the molecule is Fc1cccc(-c2ccnc(Cl)n2)c1Cl. The molecular formula is C10H5Cl2FN2. The van der Waals surface area contributed by atoms with Gasteiger partial charge in [0.25, 0.3) is 0 Å². The Hall–Kier alpha value is -1.19. The van der Waals surface area contributed by atoms with Gasteiger partial charge in [-0.1, -0.05) is 23.7 Å². The van der Waals surface area contributed by atoms with Gasteiger partial charge in [0.2, 0.25) is 5.28 Å². The molecule has 0 unspecified atom stereocenters. The van der Waals surface area contributed by atoms with Crippen molar-refractivity contribution in [3.05, 3.63) is 46.6 Å². The molecule has 0 spiro atoms. The van der Waals surface area contributed by atoms with Gasteiger partial charge < -0.3 is 0 Å². The van der Waals surface area contributed by atoms with E-state index in [0.29, 0.717) is 11.3 Å². The molecule has 0 amide bonds. The minimum atomic E-state index is -0.482. The van der Waals surface area contributed by atoms with E-state index in [1.54, 1.807) is 18.2 Å². The molecule has 0 saturated carbocycles. The van der Waals surface area contributed by atoms with Crippen LogP contribution in [0.4, 0.5) is 4.39 Å². The fourth-order valence-electron chi connectivity index (χ4n) is 1.19. The van der Waals surface area contributed by atoms with E-state index in [9.17, 15) is 4.39 Å². The van der Waals surface area contributed by atoms with Gasteiger partial charge >= 0.3 is 0 Å². The maximum Gasteiger partial charge on any atom is 0.222 e. The third-order valence-electron chi connectivity index (χ3n) is 1.85. The highest BCUT2D eigenvalue weighted by molar-refractivity contribution is 6.33. The van der Waals surface area contributed by atoms with Gasteiger partial charge in [0.05, 0.1) is 10.7 Å². The first-order chi connectivity index (χ1) is 7.18. The van der Waals surface area contributed by atoms with Gasteiger partial charge in [-0.05, 0) is 23.7 Å². The van der Waals surface area contributed by atoms with E-state index in [-0.39, 0.29) is 10.3 Å². The Morgan fingerprint density at radius 1 is 1.13 bits per heavy atom. The van der Waals surface area contributed by atoms with Gasteiger partial charge in [-0.3, -0.25) is 0 Å². The second kappa shape index (κ2) is 4.13. The van der Waals surface area contributed by atoms with Gasteiger partial charge in [0, 0.05) is 11.8 Å². The third kappa shape index (κ3) is 2.08. The predicted molar refractivity (Wildman–Crippen MR) is 57.4 cm³/mol. The number of hydrogen-bond acceptors (Lipinski definition) is 2. The second-order valence-electron chi connectivity index (χ2n) is 2.81. The van der Waals surface area contributed by atoms with Crippen molar-refractivity contribution < 1.29 is 4.39 Å². The van der Waals surface area contributed by atoms with Crippen LogP contribution in [0.15, 0.2) is 30.5 Å². The Labute approximate surface area is 95.7 Å². The molecule has 5 heteroatoms. The average molecular weight is 243 g/mol. The van der Waals surface area contributed by atoms with Crippen molar-refractivity contribution in [1.82, 2.24) is 9.97 Å². The first kappa shape index (κ1) is 10.3. The zero-order valence-electron chi connectivity index (χ0n) is 7.42. The van der Waals surface area contributed by atoms with Crippen LogP contribution in [0.1, 0.15) is 0 Å². The van der Waals surface area contributed by atoms with Crippen LogP contribution >= 0.6 is 23.2 Å². The summed E-state index contributed by atoms with van der Waals surface area (Å²) in [7, 11) is 0. The maximum atomic E-state index is 13.2. The molecule has 2 nitrogen and oxygen atoms in total. The first-order valence-electron chi connectivity index (χ1n) is 4.11. The van der Waals surface area contributed by atoms with E-state index in [1.807, 2.05) is 0 Å². The van der Waals surface area contributed by atoms with Crippen LogP contribution in [0.5, 0.6) is 0 Å². The zero-order valence-corrected chi connectivity index (χ0v) is 8.93. The predicted octanol–water partition coefficient (Wildman–Crippen LogP) is 3.59. The van der Waals surface area contributed by atoms with E-state index in [2.05, 4.69) is 9.97 Å². The molecule has 0 fully saturated rings. The van der Waals surface area contributed by atoms with E-state index in [0.717, 1.165) is 0 Å². The van der Waals surface area contributed by atoms with E-state index in [4.69, 9.17) is 23.2 Å². The summed E-state index contributed by atoms with van der Waals surface area (Å²) in [5.74, 6) is -0.482. The molecule has 1 aromatic carbocycles. The monoisotopic (exact) mass is 242 g/mol. The summed E-state index contributed by atoms with van der Waals surface area (Å²) in [6, 6.07) is 6.14. The molecule has 76 valence electrons. The third-order valence-corrected chi connectivity index (χ3v) is 2.42. The Morgan fingerprint density at radius 3 is 2.67 bits per heavy atom. The molecule has 15 heavy (non-hydrogen) atoms. The number of halogens is 3. The summed E-state index contributed by atoms with van der Waals surface area (Å²) < 4.78 is 13.2. The standard InChI is InChI=1S/C10H5Cl2FN2/c11-9-6(2-1-3-7(9)13)8-4-5-14-10(12)15-8/h1-5H. The summed E-state index contributed by atoms with van der Waals surface area (Å²) in [6.45, 7) is 0. The molecule has 0 radical (unpaired) electrons. The topological polar surface area (TPSA) is 25.8 Å². The van der Waals surface area contributed by atoms with Gasteiger partial charge in [0.1, 0.15) is 5.82 Å². The summed E-state index contributed by atoms with van der Waals surface area (Å²) in [5.41, 5.74) is 1.00. The molecule has 0 aliphatic rings. The fraction of sp³-hybridized carbons (Fsp3) is 0. The number of benzene rings is 1. The molecular weight excluding hydrogens is 238 g/mol. The fourth-order valence-corrected chi connectivity index (χ4v) is 1.56. The van der Waals surface area contributed by atoms with Crippen molar-refractivity contribution in [3.63, 3.8) is 0 Å². The van der Waals surface area contributed by atoms with Crippen molar-refractivity contribution >= 4 is 23.2 Å². The Balaban J connectivity index is 2.59. The average Bonchev–Trinajstić information content (AvgIpc) is 2.22. The van der Waals surface area contributed by atoms with Gasteiger partial charge in [-0.25, -0.2) is 14.4 Å². The molecule has 2 aromatic rings. The molecule has 0 aliphatic carbocycles. The normalized spacial score (nSPS) is 10.3. The molecule has 0 bridgehead atoms. The van der Waals surface area contributed by atoms with E-state index in [1.165, 1.54) is 12.3 Å². The lowest BCUT2D eigenvalue weighted by atomic mass is 10.1. The zero-order chi connectivity index (χ0) is 10.8. The summed E-state index contributed by atoms with van der Waals surface area (Å²) >= 11 is 11.4. The molecule has 2 rings (SSSR count). The van der Waals surface area contributed by atoms with Crippen LogP contribution in [0.3, 0.4) is 0 Å². The van der Waals surface area contributed by atoms with Crippen molar-refractivity contribution in [1.29, 1.82) is 0 Å². The number of hydrogen-bond donors (Lipinski definition) is 0. The molecule has 0 atom stereocenters. The van der Waals surface area contributed by atoms with Crippen LogP contribution in [0.2, 0.25) is 10.3 Å². The molecule has 1 aromatic heterocycles. The Bertz CT molecular complexity index is 503. The quantitative estimate of drug-likeness (QED) is 0.715. The highest BCUT2D eigenvalue weighted by atomic mass is 35.5. The largest absolute Gasteiger partial charge is 0.226 e. The molecule has 1 heterocycles. The lowest BCUT2D eigenvalue weighted by Gasteiger charge is -2.03. The first-order valence-corrected chi connectivity index (χ1v) is 4.87. The van der Waals surface area contributed by atoms with Crippen LogP contribution < -0.4 is 0 Å². The van der Waals surface area contributed by atoms with Crippen LogP contribution in [-0.2, 0) is 0 Å². The molecule has 0 saturated heterocycles. The van der Waals surface area contributed by atoms with Crippen molar-refractivity contribution in [2.45, 2.75) is 0 Å². The maximum absolute atomic E-state index is 13.2. The molecule has 0 N–H and O–H groups in total. The smallest absolute Gasteiger partial charge is 0.222 e. The number of rotatable bonds is 1. The van der Waals surface area contributed by atoms with Crippen molar-refractivity contribution in [2.24, 2.45) is 0 Å². The highest BCUT2D eigenvalue weighted by Crippen LogP contribution is 2.28. The van der Waals surface area contributed by atoms with Crippen LogP contribution in [-0.4, -0.2) is 9.97 Å². The molecule has 0 aliphatic heterocycles. The van der Waals surface area contributed by atoms with Gasteiger partial charge in [-0.2, -0.15) is 0 Å². The minimum Gasteiger partial charge on any atom is -0.226 e. The van der Waals surface area contributed by atoms with Crippen molar-refractivity contribution in [2.75, 3.05) is 0 Å². The lowest BCUT2D eigenvalue weighted by Crippen LogP contribution is -1.89. The van der Waals surface area contributed by atoms with Crippen molar-refractivity contribution in [3.8, 4) is 11.3 Å². The second-order valence-corrected chi connectivity index (χ2v) is 3.53. The summed E-state index contributed by atoms with van der Waals surface area (Å²) in [6.07, 6.45) is 1.49. The lowest BCUT2D eigenvalue weighted by molar-refractivity contribution is 0.628. The number of nitrogens with zero attached hydrogens (tertiary/aromatic N) is 2. The van der Waals surface area contributed by atoms with Crippen LogP contribution in [0, 0.1) is 5.82 Å². The Morgan fingerprint density at radius 2 is 1.93 bits per heavy atom. The Kier molecular flexibility index (Phi) is 2.84. The minimum absolute atomic E-state index is 0.0345. The highest BCUT2D eigenvalue weighted by Gasteiger charge is 2.09.